The average molecular weight is 569 g/mol. The molecular formula is C30H27F2KN4O3. The summed E-state index contributed by atoms with van der Waals surface area (Å²) in [5.41, 5.74) is 2.05. The van der Waals surface area contributed by atoms with Gasteiger partial charge in [-0.2, -0.15) is 0 Å². The van der Waals surface area contributed by atoms with Gasteiger partial charge in [0.15, 0.2) is 5.82 Å². The van der Waals surface area contributed by atoms with Gasteiger partial charge in [0.05, 0.1) is 11.4 Å². The van der Waals surface area contributed by atoms with Gasteiger partial charge in [0, 0.05) is 23.1 Å². The maximum Gasteiger partial charge on any atom is 1.00 e. The second-order valence-electron chi connectivity index (χ2n) is 9.25. The minimum absolute atomic E-state index is 0. The fourth-order valence-corrected chi connectivity index (χ4v) is 4.72. The van der Waals surface area contributed by atoms with Gasteiger partial charge >= 0.3 is 57.1 Å². The molecule has 1 N–H and O–H groups in total. The number of unbranched alkanes of at least 4 members (excludes halogenated alkanes) is 1. The molecule has 0 unspecified atom stereocenters. The first-order chi connectivity index (χ1) is 18.9. The monoisotopic (exact) mass is 568 g/mol. The molecule has 3 aromatic carbocycles. The van der Waals surface area contributed by atoms with E-state index in [0.29, 0.717) is 34.8 Å². The van der Waals surface area contributed by atoms with E-state index >= 15 is 8.78 Å². The van der Waals surface area contributed by atoms with Crippen LogP contribution in [0.15, 0.2) is 80.8 Å². The molecule has 0 saturated heterocycles. The van der Waals surface area contributed by atoms with Crippen molar-refractivity contribution in [2.24, 2.45) is 0 Å². The van der Waals surface area contributed by atoms with Crippen LogP contribution in [0.5, 0.6) is 0 Å². The van der Waals surface area contributed by atoms with Crippen LogP contribution in [0.1, 0.15) is 43.8 Å². The Labute approximate surface area is 273 Å². The zero-order valence-corrected chi connectivity index (χ0v) is 25.6. The van der Waals surface area contributed by atoms with Crippen molar-refractivity contribution in [3.05, 3.63) is 122 Å². The molecule has 0 aliphatic heterocycles. The molecule has 200 valence electrons. The van der Waals surface area contributed by atoms with Gasteiger partial charge in [-0.15, -0.1) is 0 Å². The van der Waals surface area contributed by atoms with Crippen LogP contribution < -0.4 is 62.7 Å². The molecular weight excluding hydrogens is 541 g/mol. The molecule has 0 aliphatic rings. The number of halogens is 2. The van der Waals surface area contributed by atoms with Gasteiger partial charge in [-0.25, -0.2) is 18.6 Å². The Bertz CT molecular complexity index is 1750. The number of hydrogen-bond acceptors (Lipinski definition) is 5. The first-order valence-corrected chi connectivity index (χ1v) is 12.7. The van der Waals surface area contributed by atoms with Crippen molar-refractivity contribution >= 4 is 0 Å². The Kier molecular flexibility index (Phi) is 9.80. The topological polar surface area (TPSA) is 93.8 Å². The largest absolute Gasteiger partial charge is 1.00 e. The van der Waals surface area contributed by atoms with E-state index in [4.69, 9.17) is 0 Å². The van der Waals surface area contributed by atoms with Crippen molar-refractivity contribution in [1.82, 2.24) is 19.7 Å². The van der Waals surface area contributed by atoms with E-state index in [9.17, 15) is 9.59 Å². The summed E-state index contributed by atoms with van der Waals surface area (Å²) in [7, 11) is 0. The van der Waals surface area contributed by atoms with Crippen LogP contribution in [0, 0.1) is 18.6 Å². The third-order valence-corrected chi connectivity index (χ3v) is 6.64. The first-order valence-electron chi connectivity index (χ1n) is 12.7. The molecule has 0 spiro atoms. The summed E-state index contributed by atoms with van der Waals surface area (Å²) >= 11 is 0. The predicted octanol–water partition coefficient (Wildman–Crippen LogP) is 2.88. The fraction of sp³-hybridized carbons (Fsp3) is 0.200. The Morgan fingerprint density at radius 3 is 2.23 bits per heavy atom. The second-order valence-corrected chi connectivity index (χ2v) is 9.25. The first kappa shape index (κ1) is 29.9. The molecule has 40 heavy (non-hydrogen) atoms. The third-order valence-electron chi connectivity index (χ3n) is 6.64. The molecule has 0 aliphatic carbocycles. The molecule has 0 bridgehead atoms. The van der Waals surface area contributed by atoms with E-state index in [1.807, 2.05) is 25.1 Å². The molecule has 5 aromatic rings. The zero-order valence-electron chi connectivity index (χ0n) is 23.5. The molecule has 0 atom stereocenters. The number of rotatable bonds is 8. The van der Waals surface area contributed by atoms with Crippen LogP contribution in [-0.4, -0.2) is 19.7 Å². The molecule has 10 heteroatoms. The van der Waals surface area contributed by atoms with E-state index in [2.05, 4.69) is 19.6 Å². The summed E-state index contributed by atoms with van der Waals surface area (Å²) in [6.45, 7) is 3.78. The van der Waals surface area contributed by atoms with E-state index in [0.717, 1.165) is 12.8 Å². The average Bonchev–Trinajstić information content (AvgIpc) is 3.37. The van der Waals surface area contributed by atoms with Crippen molar-refractivity contribution in [2.45, 2.75) is 39.5 Å². The fourth-order valence-electron chi connectivity index (χ4n) is 4.72. The smallest absolute Gasteiger partial charge is 1.00 e. The molecule has 0 saturated carbocycles. The van der Waals surface area contributed by atoms with Gasteiger partial charge in [0.1, 0.15) is 17.5 Å². The van der Waals surface area contributed by atoms with Crippen molar-refractivity contribution in [1.29, 1.82) is 0 Å². The number of benzene rings is 3. The molecule has 2 heterocycles. The zero-order chi connectivity index (χ0) is 27.5. The Morgan fingerprint density at radius 2 is 1.60 bits per heavy atom. The number of para-hydroxylation sites is 1. The molecule has 0 radical (unpaired) electrons. The van der Waals surface area contributed by atoms with Crippen LogP contribution >= 0.6 is 0 Å². The van der Waals surface area contributed by atoms with Crippen LogP contribution in [0.2, 0.25) is 0 Å². The number of hydrogen-bond donors (Lipinski definition) is 1. The minimum atomic E-state index is -0.791. The van der Waals surface area contributed by atoms with Crippen molar-refractivity contribution in [3.63, 3.8) is 0 Å². The molecule has 0 amide bonds. The summed E-state index contributed by atoms with van der Waals surface area (Å²) in [4.78, 5) is 32.3. The normalized spacial score (nSPS) is 10.9. The molecule has 5 rings (SSSR count). The van der Waals surface area contributed by atoms with Gasteiger partial charge in [0.25, 0.3) is 5.56 Å². The van der Waals surface area contributed by atoms with E-state index in [1.165, 1.54) is 16.7 Å². The van der Waals surface area contributed by atoms with Gasteiger partial charge in [-0.05, 0) is 55.2 Å². The van der Waals surface area contributed by atoms with Crippen LogP contribution in [0.3, 0.4) is 0 Å². The predicted molar refractivity (Wildman–Crippen MR) is 145 cm³/mol. The number of nitrogens with zero attached hydrogens (tertiary/aromatic N) is 3. The standard InChI is InChI=1S/C30H26F2N4O3.K.H/c1-3-4-14-27-24(29(37)36(18(2)33-27)20-10-6-5-7-11-20)17-23-25(31)15-19(16-26(23)32)21-12-8-9-13-22(21)28-34-30(38)39-35-28;;/h5-13,15-16H,3-4,14,17H2,1-2H3,(H,34,35,38);;/q;+1;-1. The number of aromatic amines is 1. The van der Waals surface area contributed by atoms with Crippen molar-refractivity contribution in [3.8, 4) is 28.2 Å². The van der Waals surface area contributed by atoms with Gasteiger partial charge in [-0.3, -0.25) is 18.9 Å². The van der Waals surface area contributed by atoms with E-state index in [1.54, 1.807) is 43.3 Å². The summed E-state index contributed by atoms with van der Waals surface area (Å²) in [5, 5.41) is 3.70. The van der Waals surface area contributed by atoms with E-state index < -0.39 is 17.4 Å². The minimum Gasteiger partial charge on any atom is -1.00 e. The molecule has 2 aromatic heterocycles. The SMILES string of the molecule is CCCCc1nc(C)n(-c2ccccc2)c(=O)c1Cc1c(F)cc(-c2ccccc2-c2noc(=O)[nH]2)cc1F.[H-].[K+]. The summed E-state index contributed by atoms with van der Waals surface area (Å²) in [6.07, 6.45) is 1.96. The maximum atomic E-state index is 15.6. The van der Waals surface area contributed by atoms with Crippen LogP contribution in [0.25, 0.3) is 28.2 Å². The molecule has 7 nitrogen and oxygen atoms in total. The Balaban J connectivity index is 0.00000231. The van der Waals surface area contributed by atoms with Gasteiger partial charge < -0.3 is 1.43 Å². The summed E-state index contributed by atoms with van der Waals surface area (Å²) in [6, 6.07) is 18.3. The van der Waals surface area contributed by atoms with Crippen LogP contribution in [0.4, 0.5) is 8.78 Å². The quantitative estimate of drug-likeness (QED) is 0.291. The van der Waals surface area contributed by atoms with Gasteiger partial charge in [0.2, 0.25) is 0 Å². The van der Waals surface area contributed by atoms with Gasteiger partial charge in [-0.1, -0.05) is 61.0 Å². The number of aryl methyl sites for hydroxylation is 2. The summed E-state index contributed by atoms with van der Waals surface area (Å²) < 4.78 is 37.2. The Morgan fingerprint density at radius 1 is 0.950 bits per heavy atom. The van der Waals surface area contributed by atoms with Crippen molar-refractivity contribution < 1.29 is 66.1 Å². The third kappa shape index (κ3) is 6.16. The summed E-state index contributed by atoms with van der Waals surface area (Å²) in [5.74, 6) is -1.66. The van der Waals surface area contributed by atoms with E-state index in [-0.39, 0.29) is 87.3 Å². The second kappa shape index (κ2) is 13.1. The number of aromatic nitrogens is 4. The maximum absolute atomic E-state index is 15.6. The number of H-pyrrole nitrogens is 1. The Hall–Kier alpha value is -3.02. The molecule has 0 fully saturated rings. The van der Waals surface area contributed by atoms with Crippen molar-refractivity contribution in [2.75, 3.05) is 0 Å². The van der Waals surface area contributed by atoms with Crippen LogP contribution in [-0.2, 0) is 12.8 Å². The number of nitrogens with one attached hydrogen (secondary N) is 1.